The molecule has 3 rings (SSSR count). The number of pyridine rings is 1. The molecular formula is C18H24N6O2. The quantitative estimate of drug-likeness (QED) is 0.789. The number of hydrogen-bond donors (Lipinski definition) is 2. The van der Waals surface area contributed by atoms with Crippen LogP contribution in [0.3, 0.4) is 0 Å². The van der Waals surface area contributed by atoms with Crippen molar-refractivity contribution in [2.45, 2.75) is 19.3 Å². The molecule has 138 valence electrons. The number of nitrogens with one attached hydrogen (secondary N) is 2. The third-order valence-corrected chi connectivity index (χ3v) is 4.31. The van der Waals surface area contributed by atoms with Crippen LogP contribution in [0.25, 0.3) is 0 Å². The second-order valence-electron chi connectivity index (χ2n) is 6.31. The molecule has 0 spiro atoms. The zero-order valence-electron chi connectivity index (χ0n) is 14.9. The predicted octanol–water partition coefficient (Wildman–Crippen LogP) is 0.822. The van der Waals surface area contributed by atoms with Gasteiger partial charge in [0.1, 0.15) is 11.5 Å². The molecular weight excluding hydrogens is 332 g/mol. The summed E-state index contributed by atoms with van der Waals surface area (Å²) in [6, 6.07) is 7.57. The summed E-state index contributed by atoms with van der Waals surface area (Å²) in [5.41, 5.74) is 1.45. The highest BCUT2D eigenvalue weighted by molar-refractivity contribution is 5.95. The average molecular weight is 356 g/mol. The first-order valence-electron chi connectivity index (χ1n) is 8.87. The standard InChI is InChI=1S/C18H24N6O2/c1-23-15(8-11-21-23)18(26)24-12-3-6-14-5-2-7-16(22-14)19-9-4-10-20-17(25)13-24/h2,5,7-8,11H,3-4,6,9-10,12-13H2,1H3,(H,19,22)(H,20,25). The number of anilines is 1. The molecule has 2 N–H and O–H groups in total. The van der Waals surface area contributed by atoms with Gasteiger partial charge in [-0.05, 0) is 37.5 Å². The third kappa shape index (κ3) is 4.59. The van der Waals surface area contributed by atoms with Crippen molar-refractivity contribution in [1.82, 2.24) is 25.0 Å². The number of hydrogen-bond acceptors (Lipinski definition) is 5. The molecule has 0 saturated carbocycles. The SMILES string of the molecule is Cn1nccc1C(=O)N1CCCc2cccc(n2)NCCCNC(=O)C1. The molecule has 2 aromatic heterocycles. The van der Waals surface area contributed by atoms with Crippen molar-refractivity contribution in [2.75, 3.05) is 31.5 Å². The molecule has 3 heterocycles. The van der Waals surface area contributed by atoms with E-state index in [0.29, 0.717) is 18.8 Å². The number of aryl methyl sites for hydroxylation is 2. The maximum atomic E-state index is 12.8. The minimum absolute atomic E-state index is 0.0465. The Morgan fingerprint density at radius 1 is 1.15 bits per heavy atom. The zero-order valence-corrected chi connectivity index (χ0v) is 14.9. The lowest BCUT2D eigenvalue weighted by molar-refractivity contribution is -0.121. The monoisotopic (exact) mass is 356 g/mol. The average Bonchev–Trinajstić information content (AvgIpc) is 3.06. The van der Waals surface area contributed by atoms with Gasteiger partial charge in [0.25, 0.3) is 5.91 Å². The summed E-state index contributed by atoms with van der Waals surface area (Å²) in [4.78, 5) is 31.2. The van der Waals surface area contributed by atoms with Crippen LogP contribution in [0.4, 0.5) is 5.82 Å². The second-order valence-corrected chi connectivity index (χ2v) is 6.31. The normalized spacial score (nSPS) is 16.3. The summed E-state index contributed by atoms with van der Waals surface area (Å²) in [6.07, 6.45) is 3.84. The Labute approximate surface area is 152 Å². The van der Waals surface area contributed by atoms with E-state index >= 15 is 0 Å². The van der Waals surface area contributed by atoms with E-state index in [2.05, 4.69) is 20.7 Å². The molecule has 0 fully saturated rings. The van der Waals surface area contributed by atoms with Gasteiger partial charge in [0, 0.05) is 38.6 Å². The molecule has 2 aromatic rings. The summed E-state index contributed by atoms with van der Waals surface area (Å²) in [6.45, 7) is 1.81. The summed E-state index contributed by atoms with van der Waals surface area (Å²) < 4.78 is 1.53. The summed E-state index contributed by atoms with van der Waals surface area (Å²) in [7, 11) is 1.72. The van der Waals surface area contributed by atoms with Gasteiger partial charge in [-0.15, -0.1) is 0 Å². The van der Waals surface area contributed by atoms with Gasteiger partial charge in [0.15, 0.2) is 0 Å². The lowest BCUT2D eigenvalue weighted by Gasteiger charge is -2.22. The summed E-state index contributed by atoms with van der Waals surface area (Å²) in [5.74, 6) is 0.513. The Hall–Kier alpha value is -2.90. The van der Waals surface area contributed by atoms with Crippen molar-refractivity contribution >= 4 is 17.6 Å². The maximum Gasteiger partial charge on any atom is 0.272 e. The van der Waals surface area contributed by atoms with E-state index in [1.807, 2.05) is 18.2 Å². The van der Waals surface area contributed by atoms with Crippen molar-refractivity contribution in [2.24, 2.45) is 7.05 Å². The number of amides is 2. The van der Waals surface area contributed by atoms with Crippen LogP contribution in [0.15, 0.2) is 30.5 Å². The van der Waals surface area contributed by atoms with E-state index in [9.17, 15) is 9.59 Å². The lowest BCUT2D eigenvalue weighted by Crippen LogP contribution is -2.42. The number of aromatic nitrogens is 3. The first-order valence-corrected chi connectivity index (χ1v) is 8.87. The Kier molecular flexibility index (Phi) is 5.83. The topological polar surface area (TPSA) is 92.2 Å². The van der Waals surface area contributed by atoms with Gasteiger partial charge < -0.3 is 15.5 Å². The van der Waals surface area contributed by atoms with Crippen molar-refractivity contribution in [3.63, 3.8) is 0 Å². The van der Waals surface area contributed by atoms with E-state index in [1.54, 1.807) is 24.2 Å². The second kappa shape index (κ2) is 8.46. The first-order chi connectivity index (χ1) is 12.6. The van der Waals surface area contributed by atoms with E-state index in [0.717, 1.165) is 37.3 Å². The van der Waals surface area contributed by atoms with Crippen LogP contribution in [0.5, 0.6) is 0 Å². The fraction of sp³-hybridized carbons (Fsp3) is 0.444. The highest BCUT2D eigenvalue weighted by Gasteiger charge is 2.21. The van der Waals surface area contributed by atoms with Gasteiger partial charge in [-0.2, -0.15) is 5.10 Å². The minimum atomic E-state index is -0.185. The first kappa shape index (κ1) is 17.9. The zero-order chi connectivity index (χ0) is 18.4. The van der Waals surface area contributed by atoms with Crippen LogP contribution >= 0.6 is 0 Å². The number of carbonyl (C=O) groups is 2. The fourth-order valence-corrected chi connectivity index (χ4v) is 2.93. The number of carbonyl (C=O) groups excluding carboxylic acids is 2. The van der Waals surface area contributed by atoms with Gasteiger partial charge in [-0.25, -0.2) is 4.98 Å². The van der Waals surface area contributed by atoms with Crippen LogP contribution in [-0.2, 0) is 18.3 Å². The molecule has 0 saturated heterocycles. The van der Waals surface area contributed by atoms with E-state index in [-0.39, 0.29) is 18.4 Å². The highest BCUT2D eigenvalue weighted by Crippen LogP contribution is 2.10. The number of rotatable bonds is 1. The van der Waals surface area contributed by atoms with Crippen LogP contribution in [-0.4, -0.2) is 57.7 Å². The molecule has 8 heteroatoms. The van der Waals surface area contributed by atoms with E-state index in [1.165, 1.54) is 4.68 Å². The van der Waals surface area contributed by atoms with Gasteiger partial charge in [-0.3, -0.25) is 14.3 Å². The third-order valence-electron chi connectivity index (χ3n) is 4.31. The van der Waals surface area contributed by atoms with Gasteiger partial charge in [0.2, 0.25) is 5.91 Å². The van der Waals surface area contributed by atoms with E-state index in [4.69, 9.17) is 0 Å². The molecule has 1 aliphatic heterocycles. The fourth-order valence-electron chi connectivity index (χ4n) is 2.93. The van der Waals surface area contributed by atoms with Crippen LogP contribution in [0.2, 0.25) is 0 Å². The Morgan fingerprint density at radius 2 is 2.00 bits per heavy atom. The molecule has 2 amide bonds. The van der Waals surface area contributed by atoms with Crippen molar-refractivity contribution < 1.29 is 9.59 Å². The van der Waals surface area contributed by atoms with Crippen molar-refractivity contribution in [3.8, 4) is 0 Å². The lowest BCUT2D eigenvalue weighted by atomic mass is 10.2. The van der Waals surface area contributed by atoms with Crippen LogP contribution < -0.4 is 10.6 Å². The Balaban J connectivity index is 1.75. The van der Waals surface area contributed by atoms with Gasteiger partial charge in [-0.1, -0.05) is 6.07 Å². The molecule has 26 heavy (non-hydrogen) atoms. The molecule has 8 nitrogen and oxygen atoms in total. The smallest absolute Gasteiger partial charge is 0.272 e. The summed E-state index contributed by atoms with van der Waals surface area (Å²) in [5, 5.41) is 10.2. The van der Waals surface area contributed by atoms with Gasteiger partial charge >= 0.3 is 0 Å². The van der Waals surface area contributed by atoms with Gasteiger partial charge in [0.05, 0.1) is 6.54 Å². The molecule has 2 bridgehead atoms. The largest absolute Gasteiger partial charge is 0.370 e. The maximum absolute atomic E-state index is 12.8. The Bertz CT molecular complexity index is 773. The molecule has 0 radical (unpaired) electrons. The number of fused-ring (bicyclic) bond motifs is 2. The van der Waals surface area contributed by atoms with Crippen LogP contribution in [0.1, 0.15) is 29.0 Å². The van der Waals surface area contributed by atoms with Crippen molar-refractivity contribution in [1.29, 1.82) is 0 Å². The Morgan fingerprint density at radius 3 is 2.81 bits per heavy atom. The molecule has 0 aliphatic carbocycles. The predicted molar refractivity (Wildman–Crippen MR) is 97.8 cm³/mol. The van der Waals surface area contributed by atoms with E-state index < -0.39 is 0 Å². The molecule has 0 aromatic carbocycles. The highest BCUT2D eigenvalue weighted by atomic mass is 16.2. The molecule has 0 unspecified atom stereocenters. The minimum Gasteiger partial charge on any atom is -0.370 e. The van der Waals surface area contributed by atoms with Crippen LogP contribution in [0, 0.1) is 0 Å². The number of nitrogens with zero attached hydrogens (tertiary/aromatic N) is 4. The van der Waals surface area contributed by atoms with Crippen molar-refractivity contribution in [3.05, 3.63) is 41.9 Å². The molecule has 1 aliphatic rings. The summed E-state index contributed by atoms with van der Waals surface area (Å²) >= 11 is 0. The molecule has 0 atom stereocenters.